The Morgan fingerprint density at radius 1 is 1.17 bits per heavy atom. The van der Waals surface area contributed by atoms with Crippen LogP contribution in [0, 0.1) is 0 Å². The summed E-state index contributed by atoms with van der Waals surface area (Å²) in [6.45, 7) is 18.8. The van der Waals surface area contributed by atoms with Gasteiger partial charge in [0.2, 0.25) is 0 Å². The Morgan fingerprint density at radius 3 is 2.24 bits per heavy atom. The van der Waals surface area contributed by atoms with E-state index in [1.807, 2.05) is 20.8 Å². The molecule has 1 aliphatic heterocycles. The number of amides is 1. The van der Waals surface area contributed by atoms with Gasteiger partial charge >= 0.3 is 12.1 Å². The lowest BCUT2D eigenvalue weighted by Gasteiger charge is -2.38. The smallest absolute Gasteiger partial charge is 0.410 e. The molecule has 3 atom stereocenters. The van der Waals surface area contributed by atoms with Crippen molar-refractivity contribution in [2.75, 3.05) is 13.2 Å². The van der Waals surface area contributed by atoms with Crippen LogP contribution in [0.25, 0.3) is 0 Å². The highest BCUT2D eigenvalue weighted by Crippen LogP contribution is 2.39. The van der Waals surface area contributed by atoms with Gasteiger partial charge in [-0.2, -0.15) is 0 Å². The summed E-state index contributed by atoms with van der Waals surface area (Å²) >= 11 is 0. The Kier molecular flexibility index (Phi) is 8.75. The fourth-order valence-corrected chi connectivity index (χ4v) is 4.49. The summed E-state index contributed by atoms with van der Waals surface area (Å²) in [5, 5.41) is 10.4. The number of ether oxygens (including phenoxy) is 2. The molecule has 1 N–H and O–H groups in total. The van der Waals surface area contributed by atoms with Gasteiger partial charge in [0.25, 0.3) is 0 Å². The van der Waals surface area contributed by atoms with Crippen LogP contribution in [0.4, 0.5) is 4.79 Å². The number of likely N-dealkylation sites (tertiary alicyclic amines) is 1. The Balaban J connectivity index is 2.90. The SMILES string of the molecule is CCOC(=O)C[C@H](O)C[C@@H]1C[C@@H](O[Si](C)(C)C(C)(C)C)CN1C(=O)OC(C)(C)C. The Hall–Kier alpha value is -1.12. The normalized spacial score (nSPS) is 21.8. The molecular weight excluding hydrogens is 390 g/mol. The zero-order valence-corrected chi connectivity index (χ0v) is 20.7. The van der Waals surface area contributed by atoms with Crippen molar-refractivity contribution in [2.24, 2.45) is 0 Å². The first kappa shape index (κ1) is 25.9. The topological polar surface area (TPSA) is 85.3 Å². The number of rotatable bonds is 7. The molecule has 0 aromatic rings. The van der Waals surface area contributed by atoms with Crippen LogP contribution in [0.15, 0.2) is 0 Å². The van der Waals surface area contributed by atoms with E-state index in [1.54, 1.807) is 11.8 Å². The van der Waals surface area contributed by atoms with Gasteiger partial charge < -0.3 is 23.9 Å². The third-order valence-corrected chi connectivity index (χ3v) is 10.1. The van der Waals surface area contributed by atoms with Gasteiger partial charge in [-0.15, -0.1) is 0 Å². The average molecular weight is 432 g/mol. The highest BCUT2D eigenvalue weighted by molar-refractivity contribution is 6.74. The number of aliphatic hydroxyl groups is 1. The van der Waals surface area contributed by atoms with Gasteiger partial charge in [-0.1, -0.05) is 20.8 Å². The molecule has 0 radical (unpaired) electrons. The number of aliphatic hydroxyl groups excluding tert-OH is 1. The lowest BCUT2D eigenvalue weighted by atomic mass is 10.0. The van der Waals surface area contributed by atoms with Crippen LogP contribution in [-0.4, -0.2) is 67.4 Å². The zero-order chi connectivity index (χ0) is 22.6. The number of esters is 1. The molecule has 1 amide bonds. The van der Waals surface area contributed by atoms with Crippen molar-refractivity contribution in [1.82, 2.24) is 4.90 Å². The number of hydrogen-bond acceptors (Lipinski definition) is 6. The third kappa shape index (κ3) is 8.26. The van der Waals surface area contributed by atoms with Crippen molar-refractivity contribution in [2.45, 2.75) is 110 Å². The van der Waals surface area contributed by atoms with E-state index >= 15 is 0 Å². The van der Waals surface area contributed by atoms with Crippen LogP contribution in [0.1, 0.15) is 67.7 Å². The van der Waals surface area contributed by atoms with Crippen LogP contribution in [0.5, 0.6) is 0 Å². The third-order valence-electron chi connectivity index (χ3n) is 5.52. The van der Waals surface area contributed by atoms with Gasteiger partial charge in [-0.05, 0) is 58.7 Å². The molecule has 7 nitrogen and oxygen atoms in total. The summed E-state index contributed by atoms with van der Waals surface area (Å²) in [5.74, 6) is -0.434. The molecule has 0 bridgehead atoms. The highest BCUT2D eigenvalue weighted by Gasteiger charge is 2.44. The lowest BCUT2D eigenvalue weighted by molar-refractivity contribution is -0.145. The molecule has 1 heterocycles. The zero-order valence-electron chi connectivity index (χ0n) is 19.7. The molecule has 8 heteroatoms. The molecule has 0 aliphatic carbocycles. The standard InChI is InChI=1S/C21H41NO6Si/c1-10-26-18(24)13-16(23)11-15-12-17(28-29(8,9)21(5,6)7)14-22(15)19(25)27-20(2,3)4/h15-17,23H,10-14H2,1-9H3/t15-,16-,17-/m1/s1. The average Bonchev–Trinajstić information content (AvgIpc) is 2.85. The van der Waals surface area contributed by atoms with Crippen LogP contribution in [0.2, 0.25) is 18.1 Å². The molecule has 0 aromatic carbocycles. The minimum Gasteiger partial charge on any atom is -0.466 e. The molecular formula is C21H41NO6Si. The Labute approximate surface area is 177 Å². The van der Waals surface area contributed by atoms with Crippen LogP contribution < -0.4 is 0 Å². The van der Waals surface area contributed by atoms with Crippen molar-refractivity contribution >= 4 is 20.4 Å². The molecule has 1 fully saturated rings. The Bertz CT molecular complexity index is 566. The first-order valence-electron chi connectivity index (χ1n) is 10.6. The Morgan fingerprint density at radius 2 is 1.76 bits per heavy atom. The quantitative estimate of drug-likeness (QED) is 0.483. The predicted octanol–water partition coefficient (Wildman–Crippen LogP) is 4.09. The maximum atomic E-state index is 12.8. The van der Waals surface area contributed by atoms with Crippen molar-refractivity contribution in [1.29, 1.82) is 0 Å². The molecule has 1 saturated heterocycles. The van der Waals surface area contributed by atoms with Crippen molar-refractivity contribution in [3.05, 3.63) is 0 Å². The molecule has 0 spiro atoms. The molecule has 170 valence electrons. The second-order valence-corrected chi connectivity index (χ2v) is 15.2. The highest BCUT2D eigenvalue weighted by atomic mass is 28.4. The van der Waals surface area contributed by atoms with Gasteiger partial charge in [-0.25, -0.2) is 4.79 Å². The summed E-state index contributed by atoms with van der Waals surface area (Å²) in [4.78, 5) is 26.1. The van der Waals surface area contributed by atoms with Crippen LogP contribution in [0.3, 0.4) is 0 Å². The van der Waals surface area contributed by atoms with E-state index in [2.05, 4.69) is 33.9 Å². The van der Waals surface area contributed by atoms with E-state index in [0.29, 0.717) is 13.0 Å². The van der Waals surface area contributed by atoms with E-state index in [1.165, 1.54) is 0 Å². The second-order valence-electron chi connectivity index (χ2n) is 10.4. The minimum atomic E-state index is -2.00. The van der Waals surface area contributed by atoms with Crippen LogP contribution in [-0.2, 0) is 18.7 Å². The van der Waals surface area contributed by atoms with Gasteiger partial charge in [0.05, 0.1) is 25.2 Å². The number of carbonyl (C=O) groups excluding carboxylic acids is 2. The van der Waals surface area contributed by atoms with E-state index in [4.69, 9.17) is 13.9 Å². The molecule has 1 aliphatic rings. The number of hydrogen-bond donors (Lipinski definition) is 1. The lowest BCUT2D eigenvalue weighted by Crippen LogP contribution is -2.45. The maximum absolute atomic E-state index is 12.8. The largest absolute Gasteiger partial charge is 0.466 e. The second kappa shape index (κ2) is 9.79. The van der Waals surface area contributed by atoms with Crippen molar-refractivity contribution in [3.8, 4) is 0 Å². The van der Waals surface area contributed by atoms with Gasteiger partial charge in [0.1, 0.15) is 5.60 Å². The summed E-state index contributed by atoms with van der Waals surface area (Å²) in [5.41, 5.74) is -0.608. The van der Waals surface area contributed by atoms with Gasteiger partial charge in [0.15, 0.2) is 8.32 Å². The van der Waals surface area contributed by atoms with Gasteiger partial charge in [-0.3, -0.25) is 4.79 Å². The monoisotopic (exact) mass is 431 g/mol. The number of nitrogens with zero attached hydrogens (tertiary/aromatic N) is 1. The van der Waals surface area contributed by atoms with Crippen LogP contribution >= 0.6 is 0 Å². The summed E-state index contributed by atoms with van der Waals surface area (Å²) in [6, 6.07) is -0.246. The van der Waals surface area contributed by atoms with E-state index in [0.717, 1.165) is 0 Å². The van der Waals surface area contributed by atoms with Crippen molar-refractivity contribution < 1.29 is 28.6 Å². The summed E-state index contributed by atoms with van der Waals surface area (Å²) in [6.07, 6.45) is -0.576. The summed E-state index contributed by atoms with van der Waals surface area (Å²) < 4.78 is 17.0. The molecule has 1 rings (SSSR count). The fraction of sp³-hybridized carbons (Fsp3) is 0.905. The number of carbonyl (C=O) groups is 2. The first-order chi connectivity index (χ1) is 13.1. The summed E-state index contributed by atoms with van der Waals surface area (Å²) in [7, 11) is -2.00. The molecule has 0 unspecified atom stereocenters. The predicted molar refractivity (Wildman–Crippen MR) is 115 cm³/mol. The fourth-order valence-electron chi connectivity index (χ4n) is 3.13. The molecule has 0 saturated carbocycles. The molecule has 0 aromatic heterocycles. The van der Waals surface area contributed by atoms with Crippen molar-refractivity contribution in [3.63, 3.8) is 0 Å². The first-order valence-corrected chi connectivity index (χ1v) is 13.5. The van der Waals surface area contributed by atoms with E-state index < -0.39 is 32.1 Å². The van der Waals surface area contributed by atoms with E-state index in [9.17, 15) is 14.7 Å². The van der Waals surface area contributed by atoms with E-state index in [-0.39, 0.29) is 36.6 Å². The minimum absolute atomic E-state index is 0.0608. The van der Waals surface area contributed by atoms with Gasteiger partial charge in [0, 0.05) is 12.6 Å². The molecule has 29 heavy (non-hydrogen) atoms. The maximum Gasteiger partial charge on any atom is 0.410 e.